The molecule has 1 aliphatic heterocycles. The van der Waals surface area contributed by atoms with Crippen LogP contribution in [-0.4, -0.2) is 22.9 Å². The number of fused-ring (bicyclic) bond motifs is 1. The Morgan fingerprint density at radius 1 is 1.35 bits per heavy atom. The summed E-state index contributed by atoms with van der Waals surface area (Å²) in [6, 6.07) is 8.51. The summed E-state index contributed by atoms with van der Waals surface area (Å²) >= 11 is 0. The minimum absolute atomic E-state index is 0.0932. The van der Waals surface area contributed by atoms with Crippen molar-refractivity contribution >= 4 is 18.4 Å². The number of nitrogens with zero attached hydrogens (tertiary/aromatic N) is 1. The molecule has 0 aliphatic carbocycles. The van der Waals surface area contributed by atoms with Crippen LogP contribution >= 0.6 is 0 Å². The van der Waals surface area contributed by atoms with Gasteiger partial charge in [-0.25, -0.2) is 4.98 Å². The fourth-order valence-electron chi connectivity index (χ4n) is 2.82. The number of carbonyl (C=O) groups is 1. The lowest BCUT2D eigenvalue weighted by atomic mass is 9.77. The molecule has 3 rings (SSSR count). The van der Waals surface area contributed by atoms with Gasteiger partial charge in [0.25, 0.3) is 0 Å². The SMILES string of the molecule is Cc1ccc(C(=O)Cc2ccc3c(c2)B(O)OC3(C)C)nc1F. The van der Waals surface area contributed by atoms with Gasteiger partial charge < -0.3 is 9.68 Å². The maximum absolute atomic E-state index is 13.5. The highest BCUT2D eigenvalue weighted by atomic mass is 19.1. The van der Waals surface area contributed by atoms with Crippen molar-refractivity contribution in [2.75, 3.05) is 0 Å². The number of ketones is 1. The summed E-state index contributed by atoms with van der Waals surface area (Å²) in [6.45, 7) is 5.36. The number of rotatable bonds is 3. The van der Waals surface area contributed by atoms with Gasteiger partial charge in [0.05, 0.1) is 5.60 Å². The molecule has 118 valence electrons. The molecule has 4 nitrogen and oxygen atoms in total. The highest BCUT2D eigenvalue weighted by Crippen LogP contribution is 2.30. The first-order chi connectivity index (χ1) is 10.8. The van der Waals surface area contributed by atoms with Crippen molar-refractivity contribution in [3.05, 3.63) is 58.7 Å². The molecule has 23 heavy (non-hydrogen) atoms. The van der Waals surface area contributed by atoms with Gasteiger partial charge in [0, 0.05) is 12.0 Å². The molecule has 2 heterocycles. The third kappa shape index (κ3) is 2.92. The molecule has 1 aliphatic rings. The van der Waals surface area contributed by atoms with Crippen molar-refractivity contribution in [3.8, 4) is 0 Å². The van der Waals surface area contributed by atoms with Crippen molar-refractivity contribution in [1.29, 1.82) is 0 Å². The molecule has 0 saturated carbocycles. The second kappa shape index (κ2) is 5.55. The Bertz CT molecular complexity index is 791. The molecule has 6 heteroatoms. The Morgan fingerprint density at radius 3 is 2.78 bits per heavy atom. The number of pyridine rings is 1. The van der Waals surface area contributed by atoms with Gasteiger partial charge in [-0.2, -0.15) is 4.39 Å². The number of hydrogen-bond acceptors (Lipinski definition) is 4. The summed E-state index contributed by atoms with van der Waals surface area (Å²) in [5, 5.41) is 9.99. The van der Waals surface area contributed by atoms with Crippen LogP contribution in [-0.2, 0) is 16.7 Å². The average molecular weight is 313 g/mol. The van der Waals surface area contributed by atoms with Gasteiger partial charge in [-0.3, -0.25) is 4.79 Å². The summed E-state index contributed by atoms with van der Waals surface area (Å²) < 4.78 is 19.0. The van der Waals surface area contributed by atoms with Crippen molar-refractivity contribution in [2.24, 2.45) is 0 Å². The fraction of sp³-hybridized carbons (Fsp3) is 0.294. The molecule has 0 fully saturated rings. The number of aryl methyl sites for hydroxylation is 1. The van der Waals surface area contributed by atoms with Crippen LogP contribution < -0.4 is 5.46 Å². The number of carbonyl (C=O) groups excluding carboxylic acids is 1. The van der Waals surface area contributed by atoms with Crippen molar-refractivity contribution < 1.29 is 18.9 Å². The molecule has 1 aromatic carbocycles. The molecule has 1 aromatic heterocycles. The lowest BCUT2D eigenvalue weighted by Gasteiger charge is -2.19. The van der Waals surface area contributed by atoms with E-state index in [0.717, 1.165) is 11.1 Å². The first kappa shape index (κ1) is 15.8. The summed E-state index contributed by atoms with van der Waals surface area (Å²) in [6.07, 6.45) is 0.0932. The third-order valence-corrected chi connectivity index (χ3v) is 4.12. The second-order valence-electron chi connectivity index (χ2n) is 6.31. The van der Waals surface area contributed by atoms with Gasteiger partial charge in [-0.15, -0.1) is 0 Å². The van der Waals surface area contributed by atoms with E-state index in [9.17, 15) is 14.2 Å². The van der Waals surface area contributed by atoms with Crippen LogP contribution in [0.1, 0.15) is 41.0 Å². The van der Waals surface area contributed by atoms with Gasteiger partial charge in [-0.1, -0.05) is 24.3 Å². The topological polar surface area (TPSA) is 59.4 Å². The summed E-state index contributed by atoms with van der Waals surface area (Å²) in [5.41, 5.74) is 2.26. The first-order valence-electron chi connectivity index (χ1n) is 7.43. The Labute approximate surface area is 134 Å². The molecule has 1 N–H and O–H groups in total. The molecule has 0 amide bonds. The Balaban J connectivity index is 1.85. The van der Waals surface area contributed by atoms with Crippen LogP contribution in [0.25, 0.3) is 0 Å². The first-order valence-corrected chi connectivity index (χ1v) is 7.43. The number of aromatic nitrogens is 1. The number of Topliss-reactive ketones (excluding diaryl/α,β-unsaturated/α-hetero) is 1. The normalized spacial score (nSPS) is 15.6. The second-order valence-corrected chi connectivity index (χ2v) is 6.31. The van der Waals surface area contributed by atoms with Gasteiger partial charge in [0.1, 0.15) is 5.69 Å². The van der Waals surface area contributed by atoms with Gasteiger partial charge >= 0.3 is 7.12 Å². The van der Waals surface area contributed by atoms with Crippen LogP contribution in [0.3, 0.4) is 0 Å². The van der Waals surface area contributed by atoms with Gasteiger partial charge in [-0.05, 0) is 43.4 Å². The monoisotopic (exact) mass is 313 g/mol. The molecule has 0 spiro atoms. The van der Waals surface area contributed by atoms with E-state index in [1.165, 1.54) is 6.07 Å². The van der Waals surface area contributed by atoms with E-state index in [2.05, 4.69) is 4.98 Å². The van der Waals surface area contributed by atoms with Crippen molar-refractivity contribution in [3.63, 3.8) is 0 Å². The van der Waals surface area contributed by atoms with Crippen molar-refractivity contribution in [2.45, 2.75) is 32.8 Å². The molecular formula is C17H17BFNO3. The molecule has 0 radical (unpaired) electrons. The Morgan fingerprint density at radius 2 is 2.09 bits per heavy atom. The summed E-state index contributed by atoms with van der Waals surface area (Å²) in [5.74, 6) is -0.896. The van der Waals surface area contributed by atoms with E-state index < -0.39 is 18.7 Å². The Hall–Kier alpha value is -2.05. The molecule has 0 bridgehead atoms. The van der Waals surface area contributed by atoms with E-state index in [1.54, 1.807) is 19.1 Å². The molecule has 2 aromatic rings. The number of hydrogen-bond donors (Lipinski definition) is 1. The van der Waals surface area contributed by atoms with Crippen LogP contribution in [0.5, 0.6) is 0 Å². The van der Waals surface area contributed by atoms with Crippen LogP contribution in [0.4, 0.5) is 4.39 Å². The van der Waals surface area contributed by atoms with E-state index in [0.29, 0.717) is 11.0 Å². The lowest BCUT2D eigenvalue weighted by Crippen LogP contribution is -2.29. The average Bonchev–Trinajstić information content (AvgIpc) is 2.71. The predicted molar refractivity (Wildman–Crippen MR) is 85.1 cm³/mol. The largest absolute Gasteiger partial charge is 0.492 e. The number of halogens is 1. The van der Waals surface area contributed by atoms with Crippen LogP contribution in [0.15, 0.2) is 30.3 Å². The number of benzene rings is 1. The van der Waals surface area contributed by atoms with E-state index in [4.69, 9.17) is 4.65 Å². The Kier molecular flexibility index (Phi) is 3.82. The van der Waals surface area contributed by atoms with Gasteiger partial charge in [0.15, 0.2) is 5.78 Å². The zero-order chi connectivity index (χ0) is 16.8. The maximum Gasteiger partial charge on any atom is 0.492 e. The minimum Gasteiger partial charge on any atom is -0.423 e. The fourth-order valence-corrected chi connectivity index (χ4v) is 2.82. The zero-order valence-electron chi connectivity index (χ0n) is 13.3. The van der Waals surface area contributed by atoms with E-state index >= 15 is 0 Å². The molecule has 0 atom stereocenters. The standard InChI is InChI=1S/C17H17BFNO3/c1-10-4-7-14(20-16(10)19)15(21)9-11-5-6-12-13(8-11)18(22)23-17(12,2)3/h4-8,22H,9H2,1-3H3. The van der Waals surface area contributed by atoms with Gasteiger partial charge in [0.2, 0.25) is 5.95 Å². The molecule has 0 unspecified atom stereocenters. The predicted octanol–water partition coefficient (Wildman–Crippen LogP) is 1.91. The third-order valence-electron chi connectivity index (χ3n) is 4.12. The highest BCUT2D eigenvalue weighted by molar-refractivity contribution is 6.62. The van der Waals surface area contributed by atoms with Crippen molar-refractivity contribution in [1.82, 2.24) is 4.98 Å². The van der Waals surface area contributed by atoms with E-state index in [-0.39, 0.29) is 17.9 Å². The molecule has 0 saturated heterocycles. The zero-order valence-corrected chi connectivity index (χ0v) is 13.3. The minimum atomic E-state index is -0.995. The van der Waals surface area contributed by atoms with E-state index in [1.807, 2.05) is 26.0 Å². The maximum atomic E-state index is 13.5. The summed E-state index contributed by atoms with van der Waals surface area (Å²) in [7, 11) is -0.995. The smallest absolute Gasteiger partial charge is 0.423 e. The highest BCUT2D eigenvalue weighted by Gasteiger charge is 2.40. The summed E-state index contributed by atoms with van der Waals surface area (Å²) in [4.78, 5) is 16.0. The van der Waals surface area contributed by atoms with Crippen LogP contribution in [0.2, 0.25) is 0 Å². The quantitative estimate of drug-likeness (QED) is 0.534. The molecular weight excluding hydrogens is 296 g/mol. The van der Waals surface area contributed by atoms with Crippen LogP contribution in [0, 0.1) is 12.9 Å². The lowest BCUT2D eigenvalue weighted by molar-refractivity contribution is 0.0986.